The first-order valence-electron chi connectivity index (χ1n) is 10.7. The number of imidazole rings is 1. The van der Waals surface area contributed by atoms with E-state index in [-0.39, 0.29) is 11.7 Å². The van der Waals surface area contributed by atoms with E-state index in [4.69, 9.17) is 21.3 Å². The van der Waals surface area contributed by atoms with Crippen LogP contribution in [0.5, 0.6) is 5.75 Å². The molecule has 0 radical (unpaired) electrons. The normalized spacial score (nSPS) is 18.1. The molecule has 0 saturated heterocycles. The second-order valence-electron chi connectivity index (χ2n) is 8.50. The third kappa shape index (κ3) is 3.15. The monoisotopic (exact) mass is 431 g/mol. The summed E-state index contributed by atoms with van der Waals surface area (Å²) in [6, 6.07) is 13.6. The van der Waals surface area contributed by atoms with Crippen molar-refractivity contribution in [3.8, 4) is 11.4 Å². The molecule has 156 valence electrons. The van der Waals surface area contributed by atoms with E-state index in [0.29, 0.717) is 23.1 Å². The summed E-state index contributed by atoms with van der Waals surface area (Å²) in [6.45, 7) is 2.11. The van der Waals surface area contributed by atoms with Crippen molar-refractivity contribution in [3.05, 3.63) is 92.7 Å². The van der Waals surface area contributed by atoms with E-state index >= 15 is 0 Å². The van der Waals surface area contributed by atoms with Gasteiger partial charge in [-0.05, 0) is 68.5 Å². The molecule has 6 heteroatoms. The highest BCUT2D eigenvalue weighted by Gasteiger charge is 2.29. The second kappa shape index (κ2) is 6.99. The highest BCUT2D eigenvalue weighted by Crippen LogP contribution is 2.41. The Bertz CT molecular complexity index is 1370. The lowest BCUT2D eigenvalue weighted by Crippen LogP contribution is -2.27. The Morgan fingerprint density at radius 1 is 1.06 bits per heavy atom. The van der Waals surface area contributed by atoms with E-state index in [2.05, 4.69) is 11.3 Å². The van der Waals surface area contributed by atoms with Crippen molar-refractivity contribution in [3.63, 3.8) is 0 Å². The molecule has 3 aromatic heterocycles. The van der Waals surface area contributed by atoms with E-state index in [9.17, 15) is 4.79 Å². The van der Waals surface area contributed by atoms with Crippen molar-refractivity contribution < 1.29 is 4.74 Å². The van der Waals surface area contributed by atoms with Crippen molar-refractivity contribution in [2.24, 2.45) is 0 Å². The first-order chi connectivity index (χ1) is 15.1. The first kappa shape index (κ1) is 18.7. The fourth-order valence-corrected chi connectivity index (χ4v) is 4.69. The molecule has 0 bridgehead atoms. The summed E-state index contributed by atoms with van der Waals surface area (Å²) in [7, 11) is 0. The highest BCUT2D eigenvalue weighted by molar-refractivity contribution is 6.30. The van der Waals surface area contributed by atoms with Gasteiger partial charge in [0.1, 0.15) is 17.5 Å². The van der Waals surface area contributed by atoms with Gasteiger partial charge in [-0.25, -0.2) is 4.98 Å². The topological polar surface area (TPSA) is 48.5 Å². The van der Waals surface area contributed by atoms with Crippen LogP contribution in [0.1, 0.15) is 53.8 Å². The van der Waals surface area contributed by atoms with Crippen molar-refractivity contribution in [1.29, 1.82) is 0 Å². The van der Waals surface area contributed by atoms with Gasteiger partial charge in [-0.2, -0.15) is 0 Å². The number of hydrogen-bond donors (Lipinski definition) is 0. The van der Waals surface area contributed by atoms with E-state index in [1.807, 2.05) is 48.7 Å². The molecule has 1 atom stereocenters. The lowest BCUT2D eigenvalue weighted by Gasteiger charge is -2.26. The summed E-state index contributed by atoms with van der Waals surface area (Å²) in [6.07, 6.45) is 7.64. The van der Waals surface area contributed by atoms with Gasteiger partial charge < -0.3 is 9.14 Å². The largest absolute Gasteiger partial charge is 0.485 e. The molecule has 2 aliphatic rings. The molecule has 5 nitrogen and oxygen atoms in total. The number of halogens is 1. The average Bonchev–Trinajstić information content (AvgIpc) is 3.58. The molecule has 4 aromatic rings. The van der Waals surface area contributed by atoms with Gasteiger partial charge in [-0.1, -0.05) is 23.7 Å². The zero-order chi connectivity index (χ0) is 21.1. The average molecular weight is 432 g/mol. The number of rotatable bonds is 3. The summed E-state index contributed by atoms with van der Waals surface area (Å²) in [5, 5.41) is 0.706. The minimum atomic E-state index is -0.0641. The molecule has 0 spiro atoms. The first-order valence-corrected chi connectivity index (χ1v) is 11.1. The van der Waals surface area contributed by atoms with Crippen LogP contribution in [0.15, 0.2) is 59.7 Å². The lowest BCUT2D eigenvalue weighted by molar-refractivity contribution is 0.175. The van der Waals surface area contributed by atoms with Gasteiger partial charge in [0, 0.05) is 29.0 Å². The second-order valence-corrected chi connectivity index (χ2v) is 8.94. The molecule has 1 aliphatic heterocycles. The lowest BCUT2D eigenvalue weighted by atomic mass is 9.98. The Hall–Kier alpha value is -3.05. The van der Waals surface area contributed by atoms with Gasteiger partial charge in [0.25, 0.3) is 5.56 Å². The Balaban J connectivity index is 1.35. The maximum Gasteiger partial charge on any atom is 0.262 e. The number of aryl methyl sites for hydroxylation is 1. The predicted octanol–water partition coefficient (Wildman–Crippen LogP) is 5.39. The van der Waals surface area contributed by atoms with Gasteiger partial charge in [0.2, 0.25) is 0 Å². The molecule has 31 heavy (non-hydrogen) atoms. The van der Waals surface area contributed by atoms with Crippen molar-refractivity contribution in [2.75, 3.05) is 0 Å². The zero-order valence-electron chi connectivity index (χ0n) is 17.2. The molecule has 1 unspecified atom stereocenters. The molecular weight excluding hydrogens is 410 g/mol. The molecular formula is C25H22ClN3O2. The van der Waals surface area contributed by atoms with Gasteiger partial charge >= 0.3 is 0 Å². The van der Waals surface area contributed by atoms with Crippen LogP contribution in [0.3, 0.4) is 0 Å². The minimum Gasteiger partial charge on any atom is -0.485 e. The van der Waals surface area contributed by atoms with E-state index in [0.717, 1.165) is 28.9 Å². The Labute approximate surface area is 184 Å². The Morgan fingerprint density at radius 3 is 2.65 bits per heavy atom. The molecule has 1 aromatic carbocycles. The van der Waals surface area contributed by atoms with Gasteiger partial charge in [0.05, 0.1) is 16.9 Å². The number of ether oxygens (including phenoxy) is 1. The fourth-order valence-electron chi connectivity index (χ4n) is 4.56. The standard InChI is InChI=1S/C25H22ClN3O2/c1-15-24(17-2-3-17)27-23-11-8-19(14-29(15)23)28-13-12-22-20(25(28)30)9-10-21(31-22)16-4-6-18(26)7-5-16/h4-8,11-14,17,21H,2-3,9-10H2,1H3. The van der Waals surface area contributed by atoms with Gasteiger partial charge in [-0.3, -0.25) is 9.36 Å². The molecule has 4 heterocycles. The van der Waals surface area contributed by atoms with Crippen LogP contribution < -0.4 is 10.3 Å². The van der Waals surface area contributed by atoms with Crippen molar-refractivity contribution >= 4 is 17.2 Å². The van der Waals surface area contributed by atoms with Gasteiger partial charge in [-0.15, -0.1) is 0 Å². The predicted molar refractivity (Wildman–Crippen MR) is 121 cm³/mol. The zero-order valence-corrected chi connectivity index (χ0v) is 18.0. The van der Waals surface area contributed by atoms with Crippen LogP contribution in [0.2, 0.25) is 5.02 Å². The SMILES string of the molecule is Cc1c(C2CC2)nc2ccc(-n3ccc4c(c3=O)CCC(c3ccc(Cl)cc3)O4)cn12. The van der Waals surface area contributed by atoms with E-state index < -0.39 is 0 Å². The summed E-state index contributed by atoms with van der Waals surface area (Å²) >= 11 is 6.00. The van der Waals surface area contributed by atoms with Crippen LogP contribution in [0.25, 0.3) is 11.3 Å². The number of pyridine rings is 2. The van der Waals surface area contributed by atoms with Crippen LogP contribution in [-0.2, 0) is 6.42 Å². The Kier molecular flexibility index (Phi) is 4.22. The molecule has 1 saturated carbocycles. The van der Waals surface area contributed by atoms with Crippen LogP contribution >= 0.6 is 11.6 Å². The summed E-state index contributed by atoms with van der Waals surface area (Å²) in [5.41, 5.74) is 5.91. The highest BCUT2D eigenvalue weighted by atomic mass is 35.5. The van der Waals surface area contributed by atoms with Crippen LogP contribution in [0.4, 0.5) is 0 Å². The third-order valence-electron chi connectivity index (χ3n) is 6.44. The molecule has 0 amide bonds. The van der Waals surface area contributed by atoms with Crippen LogP contribution in [0, 0.1) is 6.92 Å². The number of benzene rings is 1. The fraction of sp³-hybridized carbons (Fsp3) is 0.280. The summed E-state index contributed by atoms with van der Waals surface area (Å²) < 4.78 is 9.99. The summed E-state index contributed by atoms with van der Waals surface area (Å²) in [4.78, 5) is 18.1. The molecule has 0 N–H and O–H groups in total. The maximum absolute atomic E-state index is 13.3. The molecule has 6 rings (SSSR count). The maximum atomic E-state index is 13.3. The number of nitrogens with zero attached hydrogens (tertiary/aromatic N) is 3. The number of aromatic nitrogens is 3. The quantitative estimate of drug-likeness (QED) is 0.437. The van der Waals surface area contributed by atoms with Gasteiger partial charge in [0.15, 0.2) is 0 Å². The summed E-state index contributed by atoms with van der Waals surface area (Å²) in [5.74, 6) is 1.27. The Morgan fingerprint density at radius 2 is 1.87 bits per heavy atom. The van der Waals surface area contributed by atoms with Crippen molar-refractivity contribution in [2.45, 2.75) is 44.6 Å². The number of fused-ring (bicyclic) bond motifs is 2. The van der Waals surface area contributed by atoms with Crippen molar-refractivity contribution in [1.82, 2.24) is 14.0 Å². The van der Waals surface area contributed by atoms with E-state index in [1.165, 1.54) is 24.2 Å². The molecule has 1 aliphatic carbocycles. The van der Waals surface area contributed by atoms with E-state index in [1.54, 1.807) is 10.8 Å². The minimum absolute atomic E-state index is 0.0217. The smallest absolute Gasteiger partial charge is 0.262 e. The molecule has 1 fully saturated rings. The number of hydrogen-bond acceptors (Lipinski definition) is 3. The third-order valence-corrected chi connectivity index (χ3v) is 6.69. The van der Waals surface area contributed by atoms with Crippen LogP contribution in [-0.4, -0.2) is 14.0 Å².